The highest BCUT2D eigenvalue weighted by Gasteiger charge is 2.18. The number of benzene rings is 3. The number of nitrogens with one attached hydrogen (secondary N) is 1. The van der Waals surface area contributed by atoms with E-state index in [2.05, 4.69) is 10.3 Å². The second kappa shape index (κ2) is 12.7. The second-order valence-electron chi connectivity index (χ2n) is 9.07. The van der Waals surface area contributed by atoms with Crippen molar-refractivity contribution in [3.8, 4) is 17.2 Å². The van der Waals surface area contributed by atoms with E-state index in [0.717, 1.165) is 22.6 Å². The predicted molar refractivity (Wildman–Crippen MR) is 145 cm³/mol. The van der Waals surface area contributed by atoms with Gasteiger partial charge in [-0.15, -0.1) is 0 Å². The summed E-state index contributed by atoms with van der Waals surface area (Å²) in [6.45, 7) is 3.91. The number of hydrogen-bond donors (Lipinski definition) is 2. The van der Waals surface area contributed by atoms with Gasteiger partial charge in [0, 0.05) is 35.7 Å². The lowest BCUT2D eigenvalue weighted by Crippen LogP contribution is -2.37. The zero-order valence-electron chi connectivity index (χ0n) is 21.7. The maximum atomic E-state index is 13.1. The van der Waals surface area contributed by atoms with Crippen LogP contribution < -0.4 is 10.1 Å². The monoisotopic (exact) mass is 528 g/mol. The topological polar surface area (TPSA) is 102 Å². The number of aliphatic carboxylic acids is 1. The van der Waals surface area contributed by atoms with Crippen molar-refractivity contribution in [1.29, 1.82) is 0 Å². The van der Waals surface area contributed by atoms with Gasteiger partial charge >= 0.3 is 5.97 Å². The van der Waals surface area contributed by atoms with Crippen LogP contribution in [0.2, 0.25) is 0 Å². The first-order valence-corrected chi connectivity index (χ1v) is 12.5. The fraction of sp³-hybridized carbons (Fsp3) is 0.194. The summed E-state index contributed by atoms with van der Waals surface area (Å²) in [6.07, 6.45) is 2.09. The van der Waals surface area contributed by atoms with Crippen LogP contribution >= 0.6 is 0 Å². The fourth-order valence-electron chi connectivity index (χ4n) is 4.00. The van der Waals surface area contributed by atoms with Crippen molar-refractivity contribution in [1.82, 2.24) is 10.3 Å². The van der Waals surface area contributed by atoms with Crippen molar-refractivity contribution in [3.63, 3.8) is 0 Å². The molecule has 0 radical (unpaired) electrons. The summed E-state index contributed by atoms with van der Waals surface area (Å²) in [5, 5.41) is 12.6. The highest BCUT2D eigenvalue weighted by molar-refractivity contribution is 6.04. The first-order chi connectivity index (χ1) is 18.8. The van der Waals surface area contributed by atoms with Crippen LogP contribution in [-0.4, -0.2) is 34.5 Å². The molecular formula is C31H29FN2O5. The molecule has 7 nitrogen and oxygen atoms in total. The van der Waals surface area contributed by atoms with Gasteiger partial charge in [-0.3, -0.25) is 4.79 Å². The Morgan fingerprint density at radius 1 is 1.05 bits per heavy atom. The number of nitrogens with zero attached hydrogens (tertiary/aromatic N) is 1. The van der Waals surface area contributed by atoms with Crippen molar-refractivity contribution in [2.45, 2.75) is 32.7 Å². The number of aryl methyl sites for hydroxylation is 1. The molecule has 200 valence electrons. The molecule has 0 spiro atoms. The Morgan fingerprint density at radius 3 is 2.41 bits per heavy atom. The van der Waals surface area contributed by atoms with Crippen LogP contribution in [0, 0.1) is 12.7 Å². The number of hydrogen-bond acceptors (Lipinski definition) is 6. The number of carboxylic acids is 1. The molecule has 0 aliphatic heterocycles. The lowest BCUT2D eigenvalue weighted by atomic mass is 10.0. The van der Waals surface area contributed by atoms with Crippen LogP contribution in [0.3, 0.4) is 0 Å². The fourth-order valence-corrected chi connectivity index (χ4v) is 4.00. The van der Waals surface area contributed by atoms with E-state index >= 15 is 0 Å². The third-order valence-corrected chi connectivity index (χ3v) is 6.06. The van der Waals surface area contributed by atoms with Crippen molar-refractivity contribution in [3.05, 3.63) is 119 Å². The Kier molecular flexibility index (Phi) is 8.89. The van der Waals surface area contributed by atoms with Gasteiger partial charge in [0.1, 0.15) is 23.4 Å². The minimum atomic E-state index is -1.05. The van der Waals surface area contributed by atoms with Crippen LogP contribution in [0.25, 0.3) is 11.5 Å². The Hall–Kier alpha value is -4.72. The molecule has 3 aromatic carbocycles. The number of carbonyl (C=O) groups is 2. The molecule has 0 amide bonds. The van der Waals surface area contributed by atoms with Gasteiger partial charge in [0.25, 0.3) is 0 Å². The molecule has 0 saturated heterocycles. The molecular weight excluding hydrogens is 499 g/mol. The number of ketones is 1. The normalized spacial score (nSPS) is 12.1. The maximum Gasteiger partial charge on any atom is 0.326 e. The standard InChI is InChI=1S/C31H29FN2O5/c1-20(18-29(35)23-10-12-25(32)13-11-23)33-28(31(36)37)19-22-8-14-26(15-9-22)38-17-16-27-21(2)39-30(34-27)24-6-4-3-5-7-24/h3-15,18,28,33H,16-17,19H2,1-2H3,(H,36,37)/b20-18-. The summed E-state index contributed by atoms with van der Waals surface area (Å²) in [5.41, 5.74) is 3.26. The number of aromatic nitrogens is 1. The summed E-state index contributed by atoms with van der Waals surface area (Å²) in [7, 11) is 0. The quantitative estimate of drug-likeness (QED) is 0.177. The summed E-state index contributed by atoms with van der Waals surface area (Å²) < 4.78 is 24.7. The Morgan fingerprint density at radius 2 is 1.74 bits per heavy atom. The van der Waals surface area contributed by atoms with Gasteiger partial charge in [-0.2, -0.15) is 0 Å². The molecule has 1 aromatic heterocycles. The van der Waals surface area contributed by atoms with Gasteiger partial charge in [-0.05, 0) is 67.9 Å². The Labute approximate surface area is 226 Å². The average Bonchev–Trinajstić information content (AvgIpc) is 3.30. The molecule has 1 heterocycles. The number of allylic oxidation sites excluding steroid dienone is 2. The van der Waals surface area contributed by atoms with Gasteiger partial charge in [0.2, 0.25) is 5.89 Å². The second-order valence-corrected chi connectivity index (χ2v) is 9.07. The van der Waals surface area contributed by atoms with Crippen LogP contribution in [-0.2, 0) is 17.6 Å². The molecule has 1 atom stereocenters. The van der Waals surface area contributed by atoms with E-state index < -0.39 is 17.8 Å². The molecule has 4 aromatic rings. The Bertz CT molecular complexity index is 1440. The van der Waals surface area contributed by atoms with Crippen molar-refractivity contribution in [2.75, 3.05) is 6.61 Å². The molecule has 8 heteroatoms. The van der Waals surface area contributed by atoms with Gasteiger partial charge in [0.15, 0.2) is 5.78 Å². The number of oxazole rings is 1. The van der Waals surface area contributed by atoms with Gasteiger partial charge in [-0.25, -0.2) is 14.2 Å². The van der Waals surface area contributed by atoms with E-state index in [0.29, 0.717) is 35.9 Å². The van der Waals surface area contributed by atoms with E-state index in [1.165, 1.54) is 30.3 Å². The van der Waals surface area contributed by atoms with E-state index in [9.17, 15) is 19.1 Å². The molecule has 0 fully saturated rings. The van der Waals surface area contributed by atoms with Crippen molar-refractivity contribution in [2.24, 2.45) is 0 Å². The lowest BCUT2D eigenvalue weighted by Gasteiger charge is -2.16. The molecule has 4 rings (SSSR count). The van der Waals surface area contributed by atoms with E-state index in [1.807, 2.05) is 49.4 Å². The summed E-state index contributed by atoms with van der Waals surface area (Å²) in [4.78, 5) is 28.8. The first kappa shape index (κ1) is 27.3. The highest BCUT2D eigenvalue weighted by atomic mass is 19.1. The number of carboxylic acid groups (broad SMARTS) is 1. The minimum absolute atomic E-state index is 0.200. The average molecular weight is 529 g/mol. The van der Waals surface area contributed by atoms with E-state index in [-0.39, 0.29) is 12.2 Å². The predicted octanol–water partition coefficient (Wildman–Crippen LogP) is 5.78. The first-order valence-electron chi connectivity index (χ1n) is 12.5. The third-order valence-electron chi connectivity index (χ3n) is 6.06. The maximum absolute atomic E-state index is 13.1. The minimum Gasteiger partial charge on any atom is -0.493 e. The zero-order chi connectivity index (χ0) is 27.8. The van der Waals surface area contributed by atoms with Gasteiger partial charge in [-0.1, -0.05) is 30.3 Å². The highest BCUT2D eigenvalue weighted by Crippen LogP contribution is 2.22. The van der Waals surface area contributed by atoms with Crippen molar-refractivity contribution < 1.29 is 28.2 Å². The number of rotatable bonds is 12. The SMILES string of the molecule is C/C(=C/C(=O)c1ccc(F)cc1)NC(Cc1ccc(OCCc2nc(-c3ccccc3)oc2C)cc1)C(=O)O. The van der Waals surface area contributed by atoms with Gasteiger partial charge < -0.3 is 19.6 Å². The lowest BCUT2D eigenvalue weighted by molar-refractivity contribution is -0.139. The summed E-state index contributed by atoms with van der Waals surface area (Å²) in [5.74, 6) is 0.166. The summed E-state index contributed by atoms with van der Waals surface area (Å²) in [6, 6.07) is 21.1. The molecule has 39 heavy (non-hydrogen) atoms. The van der Waals surface area contributed by atoms with E-state index in [4.69, 9.17) is 9.15 Å². The summed E-state index contributed by atoms with van der Waals surface area (Å²) >= 11 is 0. The smallest absolute Gasteiger partial charge is 0.326 e. The van der Waals surface area contributed by atoms with E-state index in [1.54, 1.807) is 19.1 Å². The van der Waals surface area contributed by atoms with Crippen LogP contribution in [0.1, 0.15) is 34.3 Å². The van der Waals surface area contributed by atoms with Crippen LogP contribution in [0.5, 0.6) is 5.75 Å². The number of ether oxygens (including phenoxy) is 1. The van der Waals surface area contributed by atoms with Crippen molar-refractivity contribution >= 4 is 11.8 Å². The molecule has 1 unspecified atom stereocenters. The third kappa shape index (κ3) is 7.64. The largest absolute Gasteiger partial charge is 0.493 e. The molecule has 0 aliphatic carbocycles. The van der Waals surface area contributed by atoms with Crippen LogP contribution in [0.15, 0.2) is 95.1 Å². The van der Waals surface area contributed by atoms with Crippen LogP contribution in [0.4, 0.5) is 4.39 Å². The molecule has 2 N–H and O–H groups in total. The Balaban J connectivity index is 1.30. The zero-order valence-corrected chi connectivity index (χ0v) is 21.7. The molecule has 0 bridgehead atoms. The van der Waals surface area contributed by atoms with Gasteiger partial charge in [0.05, 0.1) is 12.3 Å². The number of carbonyl (C=O) groups excluding carboxylic acids is 1. The molecule has 0 saturated carbocycles. The molecule has 0 aliphatic rings. The number of halogens is 1.